The molecular formula is C14H17BrClNO2. The molecule has 1 aliphatic heterocycles. The zero-order valence-electron chi connectivity index (χ0n) is 10.9. The third kappa shape index (κ3) is 3.86. The first-order valence-corrected chi connectivity index (χ1v) is 7.65. The molecule has 5 heteroatoms. The van der Waals surface area contributed by atoms with E-state index in [-0.39, 0.29) is 5.91 Å². The van der Waals surface area contributed by atoms with Crippen molar-refractivity contribution in [1.82, 2.24) is 4.90 Å². The monoisotopic (exact) mass is 345 g/mol. The molecule has 1 heterocycles. The third-order valence-corrected chi connectivity index (χ3v) is 4.07. The first kappa shape index (κ1) is 14.7. The van der Waals surface area contributed by atoms with E-state index in [1.54, 1.807) is 25.1 Å². The molecule has 0 unspecified atom stereocenters. The Balaban J connectivity index is 1.99. The van der Waals surface area contributed by atoms with Crippen molar-refractivity contribution >= 4 is 33.4 Å². The van der Waals surface area contributed by atoms with Crippen molar-refractivity contribution in [2.45, 2.75) is 32.3 Å². The Kier molecular flexibility index (Phi) is 5.11. The molecule has 19 heavy (non-hydrogen) atoms. The Hall–Kier alpha value is -0.740. The summed E-state index contributed by atoms with van der Waals surface area (Å²) >= 11 is 9.26. The molecule has 1 aliphatic rings. The van der Waals surface area contributed by atoms with Crippen LogP contribution in [0.3, 0.4) is 0 Å². The van der Waals surface area contributed by atoms with E-state index in [2.05, 4.69) is 15.9 Å². The normalized spacial score (nSPS) is 17.1. The second-order valence-electron chi connectivity index (χ2n) is 4.72. The maximum absolute atomic E-state index is 12.2. The number of halogens is 2. The van der Waals surface area contributed by atoms with Gasteiger partial charge in [-0.15, -0.1) is 0 Å². The maximum atomic E-state index is 12.2. The highest BCUT2D eigenvalue weighted by molar-refractivity contribution is 9.10. The molecule has 0 aromatic heterocycles. The Morgan fingerprint density at radius 1 is 1.37 bits per heavy atom. The van der Waals surface area contributed by atoms with Crippen molar-refractivity contribution in [3.05, 3.63) is 27.7 Å². The summed E-state index contributed by atoms with van der Waals surface area (Å²) < 4.78 is 6.48. The predicted octanol–water partition coefficient (Wildman–Crippen LogP) is 3.88. The summed E-state index contributed by atoms with van der Waals surface area (Å²) in [5.41, 5.74) is 0. The van der Waals surface area contributed by atoms with Crippen LogP contribution >= 0.6 is 27.5 Å². The molecule has 0 N–H and O–H groups in total. The van der Waals surface area contributed by atoms with Gasteiger partial charge in [-0.25, -0.2) is 0 Å². The number of carbonyl (C=O) groups excluding carboxylic acids is 1. The maximum Gasteiger partial charge on any atom is 0.263 e. The number of amides is 1. The number of nitrogens with zero attached hydrogens (tertiary/aromatic N) is 1. The van der Waals surface area contributed by atoms with Gasteiger partial charge in [-0.1, -0.05) is 11.6 Å². The van der Waals surface area contributed by atoms with Gasteiger partial charge < -0.3 is 9.64 Å². The summed E-state index contributed by atoms with van der Waals surface area (Å²) in [4.78, 5) is 14.1. The fourth-order valence-electron chi connectivity index (χ4n) is 2.18. The van der Waals surface area contributed by atoms with E-state index in [0.29, 0.717) is 10.8 Å². The van der Waals surface area contributed by atoms with Crippen molar-refractivity contribution in [2.24, 2.45) is 0 Å². The van der Waals surface area contributed by atoms with E-state index in [0.717, 1.165) is 30.4 Å². The zero-order valence-corrected chi connectivity index (χ0v) is 13.2. The molecule has 0 radical (unpaired) electrons. The number of carbonyl (C=O) groups is 1. The Morgan fingerprint density at radius 3 is 2.68 bits per heavy atom. The van der Waals surface area contributed by atoms with Gasteiger partial charge >= 0.3 is 0 Å². The lowest BCUT2D eigenvalue weighted by atomic mass is 10.1. The highest BCUT2D eigenvalue weighted by atomic mass is 79.9. The number of rotatable bonds is 3. The fourth-order valence-corrected chi connectivity index (χ4v) is 2.96. The van der Waals surface area contributed by atoms with Crippen LogP contribution in [0, 0.1) is 0 Å². The SMILES string of the molecule is C[C@H](Oc1ccc(Cl)cc1Br)C(=O)N1CCCCC1. The van der Waals surface area contributed by atoms with Crippen molar-refractivity contribution in [1.29, 1.82) is 0 Å². The number of benzene rings is 1. The largest absolute Gasteiger partial charge is 0.480 e. The summed E-state index contributed by atoms with van der Waals surface area (Å²) in [5, 5.41) is 0.634. The van der Waals surface area contributed by atoms with Crippen molar-refractivity contribution in [3.8, 4) is 5.75 Å². The standard InChI is InChI=1S/C14H17BrClNO2/c1-10(14(18)17-7-3-2-4-8-17)19-13-6-5-11(16)9-12(13)15/h5-6,9-10H,2-4,7-8H2,1H3/t10-/m0/s1. The lowest BCUT2D eigenvalue weighted by Crippen LogP contribution is -2.43. The third-order valence-electron chi connectivity index (χ3n) is 3.21. The topological polar surface area (TPSA) is 29.5 Å². The molecule has 0 bridgehead atoms. The summed E-state index contributed by atoms with van der Waals surface area (Å²) in [5.74, 6) is 0.698. The van der Waals surface area contributed by atoms with E-state index >= 15 is 0 Å². The molecular weight excluding hydrogens is 330 g/mol. The van der Waals surface area contributed by atoms with Crippen molar-refractivity contribution in [2.75, 3.05) is 13.1 Å². The zero-order chi connectivity index (χ0) is 13.8. The molecule has 1 fully saturated rings. The summed E-state index contributed by atoms with van der Waals surface area (Å²) in [6.45, 7) is 3.47. The molecule has 1 aromatic carbocycles. The van der Waals surface area contributed by atoms with Crippen molar-refractivity contribution < 1.29 is 9.53 Å². The van der Waals surface area contributed by atoms with Gasteiger partial charge in [0.2, 0.25) is 0 Å². The van der Waals surface area contributed by atoms with Crippen LogP contribution in [-0.2, 0) is 4.79 Å². The van der Waals surface area contributed by atoms with Gasteiger partial charge in [-0.3, -0.25) is 4.79 Å². The minimum absolute atomic E-state index is 0.0570. The van der Waals surface area contributed by atoms with Gasteiger partial charge in [0.05, 0.1) is 4.47 Å². The number of hydrogen-bond acceptors (Lipinski definition) is 2. The molecule has 3 nitrogen and oxygen atoms in total. The quantitative estimate of drug-likeness (QED) is 0.831. The minimum Gasteiger partial charge on any atom is -0.480 e. The van der Waals surface area contributed by atoms with Crippen LogP contribution in [0.15, 0.2) is 22.7 Å². The van der Waals surface area contributed by atoms with E-state index in [4.69, 9.17) is 16.3 Å². The van der Waals surface area contributed by atoms with Gasteiger partial charge in [0.1, 0.15) is 5.75 Å². The first-order valence-electron chi connectivity index (χ1n) is 6.48. The average Bonchev–Trinajstić information content (AvgIpc) is 2.42. The number of piperidine rings is 1. The number of hydrogen-bond donors (Lipinski definition) is 0. The van der Waals surface area contributed by atoms with E-state index in [1.807, 2.05) is 4.90 Å². The van der Waals surface area contributed by atoms with Crippen LogP contribution in [0.4, 0.5) is 0 Å². The summed E-state index contributed by atoms with van der Waals surface area (Å²) in [7, 11) is 0. The predicted molar refractivity (Wildman–Crippen MR) is 79.7 cm³/mol. The van der Waals surface area contributed by atoms with Crippen LogP contribution in [0.5, 0.6) is 5.75 Å². The van der Waals surface area contributed by atoms with Crippen LogP contribution in [-0.4, -0.2) is 30.0 Å². The average molecular weight is 347 g/mol. The van der Waals surface area contributed by atoms with E-state index in [9.17, 15) is 4.79 Å². The van der Waals surface area contributed by atoms with Gasteiger partial charge in [-0.2, -0.15) is 0 Å². The molecule has 2 rings (SSSR count). The minimum atomic E-state index is -0.476. The lowest BCUT2D eigenvalue weighted by Gasteiger charge is -2.29. The first-order chi connectivity index (χ1) is 9.08. The second kappa shape index (κ2) is 6.62. The van der Waals surface area contributed by atoms with Crippen LogP contribution < -0.4 is 4.74 Å². The van der Waals surface area contributed by atoms with Gasteiger partial charge in [0.15, 0.2) is 6.10 Å². The highest BCUT2D eigenvalue weighted by Crippen LogP contribution is 2.29. The highest BCUT2D eigenvalue weighted by Gasteiger charge is 2.23. The van der Waals surface area contributed by atoms with Crippen LogP contribution in [0.1, 0.15) is 26.2 Å². The van der Waals surface area contributed by atoms with Crippen LogP contribution in [0.2, 0.25) is 5.02 Å². The summed E-state index contributed by atoms with van der Waals surface area (Å²) in [6, 6.07) is 5.28. The van der Waals surface area contributed by atoms with Gasteiger partial charge in [-0.05, 0) is 60.3 Å². The molecule has 1 saturated heterocycles. The lowest BCUT2D eigenvalue weighted by molar-refractivity contribution is -0.138. The molecule has 0 aliphatic carbocycles. The molecule has 104 valence electrons. The second-order valence-corrected chi connectivity index (χ2v) is 6.01. The van der Waals surface area contributed by atoms with E-state index in [1.165, 1.54) is 6.42 Å². The molecule has 0 saturated carbocycles. The molecule has 1 atom stereocenters. The van der Waals surface area contributed by atoms with Crippen LogP contribution in [0.25, 0.3) is 0 Å². The molecule has 1 amide bonds. The Bertz CT molecular complexity index is 461. The summed E-state index contributed by atoms with van der Waals surface area (Å²) in [6.07, 6.45) is 2.91. The van der Waals surface area contributed by atoms with Crippen molar-refractivity contribution in [3.63, 3.8) is 0 Å². The molecule has 0 spiro atoms. The van der Waals surface area contributed by atoms with E-state index < -0.39 is 6.10 Å². The molecule has 1 aromatic rings. The Morgan fingerprint density at radius 2 is 2.05 bits per heavy atom. The smallest absolute Gasteiger partial charge is 0.263 e. The van der Waals surface area contributed by atoms with Gasteiger partial charge in [0, 0.05) is 18.1 Å². The van der Waals surface area contributed by atoms with Gasteiger partial charge in [0.25, 0.3) is 5.91 Å². The number of likely N-dealkylation sites (tertiary alicyclic amines) is 1. The number of ether oxygens (including phenoxy) is 1. The Labute approximate surface area is 127 Å². The fraction of sp³-hybridized carbons (Fsp3) is 0.500.